The van der Waals surface area contributed by atoms with Crippen LogP contribution in [0, 0.1) is 5.92 Å². The van der Waals surface area contributed by atoms with Gasteiger partial charge in [0.2, 0.25) is 5.91 Å². The van der Waals surface area contributed by atoms with Crippen molar-refractivity contribution in [2.24, 2.45) is 5.92 Å². The molecular formula is C18H19ClN2O4. The molecule has 0 radical (unpaired) electrons. The fourth-order valence-electron chi connectivity index (χ4n) is 3.22. The Morgan fingerprint density at radius 2 is 1.96 bits per heavy atom. The topological polar surface area (TPSA) is 88.3 Å². The molecule has 1 aromatic carbocycles. The summed E-state index contributed by atoms with van der Waals surface area (Å²) in [4.78, 5) is 37.9. The lowest BCUT2D eigenvalue weighted by Gasteiger charge is -2.27. The molecule has 0 bridgehead atoms. The molecule has 0 saturated heterocycles. The number of benzene rings is 1. The van der Waals surface area contributed by atoms with Crippen molar-refractivity contribution in [2.45, 2.75) is 38.7 Å². The Bertz CT molecular complexity index is 869. The molecule has 0 spiro atoms. The molecule has 0 aliphatic heterocycles. The van der Waals surface area contributed by atoms with Crippen LogP contribution in [0.15, 0.2) is 29.2 Å². The highest BCUT2D eigenvalue weighted by Crippen LogP contribution is 2.30. The number of hydrogen-bond donors (Lipinski definition) is 2. The van der Waals surface area contributed by atoms with Crippen LogP contribution in [-0.4, -0.2) is 23.0 Å². The number of anilines is 1. The minimum atomic E-state index is -0.286. The molecular weight excluding hydrogens is 344 g/mol. The SMILES string of the molecule is CC(=O)O[C@H]1CC[C@@H](C(=O)Nc2cc3cc[nH]c(=O)c3cc2Cl)CC1. The molecule has 2 aromatic rings. The number of hydrogen-bond acceptors (Lipinski definition) is 4. The molecule has 6 nitrogen and oxygen atoms in total. The van der Waals surface area contributed by atoms with Gasteiger partial charge in [-0.2, -0.15) is 0 Å². The van der Waals surface area contributed by atoms with Crippen molar-refractivity contribution in [3.8, 4) is 0 Å². The first-order chi connectivity index (χ1) is 11.9. The number of ether oxygens (including phenoxy) is 1. The van der Waals surface area contributed by atoms with E-state index in [2.05, 4.69) is 10.3 Å². The smallest absolute Gasteiger partial charge is 0.302 e. The molecule has 1 aromatic heterocycles. The van der Waals surface area contributed by atoms with Crippen molar-refractivity contribution < 1.29 is 14.3 Å². The van der Waals surface area contributed by atoms with E-state index in [1.807, 2.05) is 0 Å². The van der Waals surface area contributed by atoms with E-state index in [1.54, 1.807) is 24.4 Å². The van der Waals surface area contributed by atoms with Gasteiger partial charge in [-0.05, 0) is 49.3 Å². The van der Waals surface area contributed by atoms with E-state index < -0.39 is 0 Å². The molecule has 25 heavy (non-hydrogen) atoms. The van der Waals surface area contributed by atoms with E-state index in [1.165, 1.54) is 6.92 Å². The summed E-state index contributed by atoms with van der Waals surface area (Å²) in [5.74, 6) is -0.532. The predicted molar refractivity (Wildman–Crippen MR) is 95.7 cm³/mol. The van der Waals surface area contributed by atoms with Crippen molar-refractivity contribution in [3.63, 3.8) is 0 Å². The minimum Gasteiger partial charge on any atom is -0.463 e. The Kier molecular flexibility index (Phi) is 5.08. The van der Waals surface area contributed by atoms with Crippen LogP contribution in [0.5, 0.6) is 0 Å². The van der Waals surface area contributed by atoms with Gasteiger partial charge in [0.25, 0.3) is 5.56 Å². The minimum absolute atomic E-state index is 0.0995. The van der Waals surface area contributed by atoms with Crippen LogP contribution < -0.4 is 10.9 Å². The van der Waals surface area contributed by atoms with E-state index in [-0.39, 0.29) is 29.5 Å². The van der Waals surface area contributed by atoms with Crippen molar-refractivity contribution in [1.82, 2.24) is 4.98 Å². The lowest BCUT2D eigenvalue weighted by molar-refractivity contribution is -0.148. The summed E-state index contributed by atoms with van der Waals surface area (Å²) in [5, 5.41) is 4.37. The number of pyridine rings is 1. The Morgan fingerprint density at radius 1 is 1.24 bits per heavy atom. The number of rotatable bonds is 3. The molecule has 7 heteroatoms. The maximum atomic E-state index is 12.5. The zero-order chi connectivity index (χ0) is 18.0. The summed E-state index contributed by atoms with van der Waals surface area (Å²) in [6, 6.07) is 5.02. The van der Waals surface area contributed by atoms with Crippen molar-refractivity contribution in [3.05, 3.63) is 39.8 Å². The van der Waals surface area contributed by atoms with Crippen molar-refractivity contribution >= 4 is 39.9 Å². The lowest BCUT2D eigenvalue weighted by atomic mass is 9.86. The van der Waals surface area contributed by atoms with Crippen LogP contribution in [0.1, 0.15) is 32.6 Å². The number of carbonyl (C=O) groups is 2. The average Bonchev–Trinajstić information content (AvgIpc) is 2.56. The van der Waals surface area contributed by atoms with Gasteiger partial charge in [-0.3, -0.25) is 14.4 Å². The molecule has 0 unspecified atom stereocenters. The van der Waals surface area contributed by atoms with Crippen LogP contribution in [-0.2, 0) is 14.3 Å². The van der Waals surface area contributed by atoms with Crippen LogP contribution >= 0.6 is 11.6 Å². The Labute approximate surface area is 149 Å². The Balaban J connectivity index is 1.69. The summed E-state index contributed by atoms with van der Waals surface area (Å²) in [6.07, 6.45) is 4.14. The Morgan fingerprint density at radius 3 is 2.64 bits per heavy atom. The first-order valence-corrected chi connectivity index (χ1v) is 8.61. The molecule has 1 heterocycles. The second kappa shape index (κ2) is 7.27. The maximum Gasteiger partial charge on any atom is 0.302 e. The molecule has 1 aliphatic carbocycles. The molecule has 1 fully saturated rings. The van der Waals surface area contributed by atoms with Gasteiger partial charge in [-0.25, -0.2) is 0 Å². The molecule has 1 saturated carbocycles. The highest BCUT2D eigenvalue weighted by molar-refractivity contribution is 6.34. The van der Waals surface area contributed by atoms with Crippen LogP contribution in [0.2, 0.25) is 5.02 Å². The highest BCUT2D eigenvalue weighted by atomic mass is 35.5. The van der Waals surface area contributed by atoms with Gasteiger partial charge in [0.15, 0.2) is 0 Å². The third-order valence-electron chi connectivity index (χ3n) is 4.50. The second-order valence-electron chi connectivity index (χ2n) is 6.30. The van der Waals surface area contributed by atoms with Gasteiger partial charge in [-0.15, -0.1) is 0 Å². The number of H-pyrrole nitrogens is 1. The largest absolute Gasteiger partial charge is 0.463 e. The Hall–Kier alpha value is -2.34. The molecule has 3 rings (SSSR count). The normalized spacial score (nSPS) is 20.2. The average molecular weight is 363 g/mol. The monoisotopic (exact) mass is 362 g/mol. The third kappa shape index (κ3) is 4.02. The van der Waals surface area contributed by atoms with Gasteiger partial charge in [0, 0.05) is 24.4 Å². The lowest BCUT2D eigenvalue weighted by Crippen LogP contribution is -2.30. The summed E-state index contributed by atoms with van der Waals surface area (Å²) in [6.45, 7) is 1.39. The first kappa shape index (κ1) is 17.5. The van der Waals surface area contributed by atoms with E-state index in [9.17, 15) is 14.4 Å². The van der Waals surface area contributed by atoms with Gasteiger partial charge in [0.05, 0.1) is 10.7 Å². The molecule has 2 N–H and O–H groups in total. The van der Waals surface area contributed by atoms with Crippen LogP contribution in [0.25, 0.3) is 10.8 Å². The summed E-state index contributed by atoms with van der Waals surface area (Å²) in [5.41, 5.74) is 0.271. The number of esters is 1. The molecule has 1 aliphatic rings. The number of fused-ring (bicyclic) bond motifs is 1. The number of aromatic amines is 1. The van der Waals surface area contributed by atoms with E-state index in [0.717, 1.165) is 0 Å². The van der Waals surface area contributed by atoms with E-state index in [4.69, 9.17) is 16.3 Å². The third-order valence-corrected chi connectivity index (χ3v) is 4.81. The van der Waals surface area contributed by atoms with Gasteiger partial charge in [0.1, 0.15) is 6.10 Å². The van der Waals surface area contributed by atoms with Crippen LogP contribution in [0.3, 0.4) is 0 Å². The second-order valence-corrected chi connectivity index (χ2v) is 6.71. The zero-order valence-corrected chi connectivity index (χ0v) is 14.6. The van der Waals surface area contributed by atoms with Gasteiger partial charge >= 0.3 is 5.97 Å². The van der Waals surface area contributed by atoms with E-state index in [0.29, 0.717) is 47.2 Å². The summed E-state index contributed by atoms with van der Waals surface area (Å²) < 4.78 is 5.19. The number of carbonyl (C=O) groups excluding carboxylic acids is 2. The zero-order valence-electron chi connectivity index (χ0n) is 13.8. The number of amides is 1. The van der Waals surface area contributed by atoms with Crippen molar-refractivity contribution in [2.75, 3.05) is 5.32 Å². The van der Waals surface area contributed by atoms with E-state index >= 15 is 0 Å². The molecule has 132 valence electrons. The van der Waals surface area contributed by atoms with Crippen molar-refractivity contribution in [1.29, 1.82) is 0 Å². The number of halogens is 1. The molecule has 1 amide bonds. The van der Waals surface area contributed by atoms with Gasteiger partial charge in [-0.1, -0.05) is 11.6 Å². The number of nitrogens with one attached hydrogen (secondary N) is 2. The fourth-order valence-corrected chi connectivity index (χ4v) is 3.43. The maximum absolute atomic E-state index is 12.5. The quantitative estimate of drug-likeness (QED) is 0.820. The van der Waals surface area contributed by atoms with Crippen LogP contribution in [0.4, 0.5) is 5.69 Å². The standard InChI is InChI=1S/C18H19ClN2O4/c1-10(22)25-13-4-2-11(3-5-13)17(23)21-16-8-12-6-7-20-18(24)14(12)9-15(16)19/h6-9,11,13H,2-5H2,1H3,(H,20,24)(H,21,23)/t11-,13+. The highest BCUT2D eigenvalue weighted by Gasteiger charge is 2.28. The number of aromatic nitrogens is 1. The first-order valence-electron chi connectivity index (χ1n) is 8.23. The predicted octanol–water partition coefficient (Wildman–Crippen LogP) is 3.24. The summed E-state index contributed by atoms with van der Waals surface area (Å²) in [7, 11) is 0. The fraction of sp³-hybridized carbons (Fsp3) is 0.389. The van der Waals surface area contributed by atoms with Gasteiger partial charge < -0.3 is 15.0 Å². The molecule has 0 atom stereocenters. The summed E-state index contributed by atoms with van der Waals surface area (Å²) >= 11 is 6.21.